The molecule has 0 aliphatic carbocycles. The van der Waals surface area contributed by atoms with E-state index < -0.39 is 0 Å². The van der Waals surface area contributed by atoms with Crippen LogP contribution in [0.4, 0.5) is 11.5 Å². The summed E-state index contributed by atoms with van der Waals surface area (Å²) >= 11 is 0. The van der Waals surface area contributed by atoms with Gasteiger partial charge in [-0.15, -0.1) is 0 Å². The normalized spacial score (nSPS) is 10.2. The highest BCUT2D eigenvalue weighted by molar-refractivity contribution is 5.46. The van der Waals surface area contributed by atoms with Gasteiger partial charge in [-0.1, -0.05) is 24.3 Å². The molecule has 1 N–H and O–H groups in total. The average molecular weight is 255 g/mol. The molecule has 1 heterocycles. The topological polar surface area (TPSA) is 28.2 Å². The number of hydrogen-bond donors (Lipinski definition) is 1. The minimum Gasteiger partial charge on any atom is -0.370 e. The van der Waals surface area contributed by atoms with Gasteiger partial charge in [0.1, 0.15) is 5.82 Å². The molecule has 0 saturated heterocycles. The molecule has 2 aromatic rings. The highest BCUT2D eigenvalue weighted by Gasteiger charge is 2.05. The predicted octanol–water partition coefficient (Wildman–Crippen LogP) is 3.54. The van der Waals surface area contributed by atoms with Crippen molar-refractivity contribution >= 4 is 11.5 Å². The maximum absolute atomic E-state index is 4.41. The number of para-hydroxylation sites is 1. The lowest BCUT2D eigenvalue weighted by Crippen LogP contribution is -2.21. The van der Waals surface area contributed by atoms with E-state index in [0.717, 1.165) is 25.5 Å². The molecule has 0 unspecified atom stereocenters. The standard InChI is InChI=1S/C16H21N3/c1-3-17-16-11-10-14(12-18-16)13-19(4-2)15-8-6-5-7-9-15/h5-12H,3-4,13H2,1-2H3,(H,17,18). The Labute approximate surface area is 115 Å². The predicted molar refractivity (Wildman–Crippen MR) is 81.6 cm³/mol. The van der Waals surface area contributed by atoms with Crippen LogP contribution in [0.15, 0.2) is 48.7 Å². The zero-order chi connectivity index (χ0) is 13.5. The molecule has 19 heavy (non-hydrogen) atoms. The molecule has 2 rings (SSSR count). The van der Waals surface area contributed by atoms with Gasteiger partial charge in [-0.3, -0.25) is 0 Å². The van der Waals surface area contributed by atoms with E-state index in [9.17, 15) is 0 Å². The number of rotatable bonds is 6. The lowest BCUT2D eigenvalue weighted by Gasteiger charge is -2.23. The van der Waals surface area contributed by atoms with Gasteiger partial charge in [0.15, 0.2) is 0 Å². The third-order valence-electron chi connectivity index (χ3n) is 3.06. The van der Waals surface area contributed by atoms with Crippen molar-refractivity contribution in [3.63, 3.8) is 0 Å². The second kappa shape index (κ2) is 6.78. The Morgan fingerprint density at radius 1 is 1.05 bits per heavy atom. The van der Waals surface area contributed by atoms with Gasteiger partial charge in [0.25, 0.3) is 0 Å². The van der Waals surface area contributed by atoms with Gasteiger partial charge in [-0.05, 0) is 37.6 Å². The van der Waals surface area contributed by atoms with Gasteiger partial charge in [-0.25, -0.2) is 4.98 Å². The highest BCUT2D eigenvalue weighted by atomic mass is 15.1. The quantitative estimate of drug-likeness (QED) is 0.855. The van der Waals surface area contributed by atoms with Gasteiger partial charge >= 0.3 is 0 Å². The summed E-state index contributed by atoms with van der Waals surface area (Å²) in [5, 5.41) is 3.21. The summed E-state index contributed by atoms with van der Waals surface area (Å²) in [5.74, 6) is 0.939. The van der Waals surface area contributed by atoms with Gasteiger partial charge in [-0.2, -0.15) is 0 Å². The first-order chi connectivity index (χ1) is 9.33. The van der Waals surface area contributed by atoms with E-state index in [2.05, 4.69) is 59.4 Å². The molecule has 0 amide bonds. The third kappa shape index (κ3) is 3.71. The molecule has 3 heteroatoms. The summed E-state index contributed by atoms with van der Waals surface area (Å²) in [7, 11) is 0. The molecular weight excluding hydrogens is 234 g/mol. The van der Waals surface area contributed by atoms with Crippen LogP contribution in [0.3, 0.4) is 0 Å². The van der Waals surface area contributed by atoms with Crippen LogP contribution in [0.1, 0.15) is 19.4 Å². The third-order valence-corrected chi connectivity index (χ3v) is 3.06. The highest BCUT2D eigenvalue weighted by Crippen LogP contribution is 2.16. The Morgan fingerprint density at radius 3 is 2.42 bits per heavy atom. The second-order valence-electron chi connectivity index (χ2n) is 4.43. The summed E-state index contributed by atoms with van der Waals surface area (Å²) in [6.07, 6.45) is 1.95. The van der Waals surface area contributed by atoms with Crippen LogP contribution >= 0.6 is 0 Å². The first-order valence-electron chi connectivity index (χ1n) is 6.82. The minimum atomic E-state index is 0.889. The molecule has 0 atom stereocenters. The van der Waals surface area contributed by atoms with Crippen LogP contribution < -0.4 is 10.2 Å². The summed E-state index contributed by atoms with van der Waals surface area (Å²) < 4.78 is 0. The molecular formula is C16H21N3. The summed E-state index contributed by atoms with van der Waals surface area (Å²) in [4.78, 5) is 6.75. The summed E-state index contributed by atoms with van der Waals surface area (Å²) in [6, 6.07) is 14.7. The molecule has 0 radical (unpaired) electrons. The molecule has 0 bridgehead atoms. The van der Waals surface area contributed by atoms with Crippen LogP contribution in [-0.4, -0.2) is 18.1 Å². The van der Waals surface area contributed by atoms with Crippen LogP contribution in [0.25, 0.3) is 0 Å². The second-order valence-corrected chi connectivity index (χ2v) is 4.43. The zero-order valence-electron chi connectivity index (χ0n) is 11.6. The smallest absolute Gasteiger partial charge is 0.125 e. The van der Waals surface area contributed by atoms with E-state index in [4.69, 9.17) is 0 Å². The van der Waals surface area contributed by atoms with Gasteiger partial charge in [0.2, 0.25) is 0 Å². The van der Waals surface area contributed by atoms with E-state index in [0.29, 0.717) is 0 Å². The Morgan fingerprint density at radius 2 is 1.84 bits per heavy atom. The van der Waals surface area contributed by atoms with Crippen LogP contribution in [0, 0.1) is 0 Å². The van der Waals surface area contributed by atoms with E-state index in [-0.39, 0.29) is 0 Å². The maximum Gasteiger partial charge on any atom is 0.125 e. The molecule has 100 valence electrons. The van der Waals surface area contributed by atoms with Gasteiger partial charge in [0.05, 0.1) is 0 Å². The summed E-state index contributed by atoms with van der Waals surface area (Å²) in [6.45, 7) is 7.02. The molecule has 0 aliphatic heterocycles. The zero-order valence-corrected chi connectivity index (χ0v) is 11.6. The van der Waals surface area contributed by atoms with E-state index in [1.54, 1.807) is 0 Å². The Balaban J connectivity index is 2.06. The number of aromatic nitrogens is 1. The lowest BCUT2D eigenvalue weighted by atomic mass is 10.2. The van der Waals surface area contributed by atoms with Crippen molar-refractivity contribution in [2.75, 3.05) is 23.3 Å². The van der Waals surface area contributed by atoms with Crippen molar-refractivity contribution in [1.82, 2.24) is 4.98 Å². The Hall–Kier alpha value is -2.03. The van der Waals surface area contributed by atoms with Crippen molar-refractivity contribution < 1.29 is 0 Å². The number of pyridine rings is 1. The number of nitrogens with zero attached hydrogens (tertiary/aromatic N) is 2. The van der Waals surface area contributed by atoms with Crippen LogP contribution in [-0.2, 0) is 6.54 Å². The molecule has 1 aromatic heterocycles. The number of benzene rings is 1. The number of anilines is 2. The molecule has 3 nitrogen and oxygen atoms in total. The summed E-state index contributed by atoms with van der Waals surface area (Å²) in [5.41, 5.74) is 2.48. The first-order valence-corrected chi connectivity index (χ1v) is 6.82. The van der Waals surface area contributed by atoms with Gasteiger partial charge < -0.3 is 10.2 Å². The van der Waals surface area contributed by atoms with Crippen molar-refractivity contribution in [3.05, 3.63) is 54.2 Å². The molecule has 0 saturated carbocycles. The first kappa shape index (κ1) is 13.4. The van der Waals surface area contributed by atoms with Gasteiger partial charge in [0, 0.05) is 31.5 Å². The Bertz CT molecular complexity index is 479. The monoisotopic (exact) mass is 255 g/mol. The fourth-order valence-corrected chi connectivity index (χ4v) is 2.05. The molecule has 1 aromatic carbocycles. The fraction of sp³-hybridized carbons (Fsp3) is 0.312. The minimum absolute atomic E-state index is 0.889. The lowest BCUT2D eigenvalue weighted by molar-refractivity contribution is 0.828. The SMILES string of the molecule is CCNc1ccc(CN(CC)c2ccccc2)cn1. The number of nitrogens with one attached hydrogen (secondary N) is 1. The van der Waals surface area contributed by atoms with Crippen molar-refractivity contribution in [2.24, 2.45) is 0 Å². The van der Waals surface area contributed by atoms with E-state index in [1.165, 1.54) is 11.3 Å². The van der Waals surface area contributed by atoms with E-state index >= 15 is 0 Å². The van der Waals surface area contributed by atoms with Crippen molar-refractivity contribution in [2.45, 2.75) is 20.4 Å². The number of hydrogen-bond acceptors (Lipinski definition) is 3. The average Bonchev–Trinajstić information content (AvgIpc) is 2.48. The van der Waals surface area contributed by atoms with E-state index in [1.807, 2.05) is 18.3 Å². The van der Waals surface area contributed by atoms with Crippen molar-refractivity contribution in [1.29, 1.82) is 0 Å². The van der Waals surface area contributed by atoms with Crippen LogP contribution in [0.2, 0.25) is 0 Å². The fourth-order valence-electron chi connectivity index (χ4n) is 2.05. The molecule has 0 aliphatic rings. The van der Waals surface area contributed by atoms with Crippen LogP contribution in [0.5, 0.6) is 0 Å². The Kier molecular flexibility index (Phi) is 4.78. The largest absolute Gasteiger partial charge is 0.370 e. The molecule has 0 fully saturated rings. The van der Waals surface area contributed by atoms with Crippen molar-refractivity contribution in [3.8, 4) is 0 Å². The molecule has 0 spiro atoms. The maximum atomic E-state index is 4.41.